The van der Waals surface area contributed by atoms with E-state index in [1.807, 2.05) is 25.1 Å². The van der Waals surface area contributed by atoms with Crippen molar-refractivity contribution >= 4 is 11.4 Å². The summed E-state index contributed by atoms with van der Waals surface area (Å²) >= 11 is 0. The van der Waals surface area contributed by atoms with E-state index < -0.39 is 0 Å². The number of nitrogens with zero attached hydrogens (tertiary/aromatic N) is 2. The number of allylic oxidation sites excluding steroid dienone is 2. The van der Waals surface area contributed by atoms with E-state index in [0.29, 0.717) is 12.2 Å². The fourth-order valence-electron chi connectivity index (χ4n) is 2.37. The van der Waals surface area contributed by atoms with Crippen molar-refractivity contribution in [1.29, 1.82) is 0 Å². The van der Waals surface area contributed by atoms with Gasteiger partial charge >= 0.3 is 0 Å². The summed E-state index contributed by atoms with van der Waals surface area (Å²) in [7, 11) is 0. The summed E-state index contributed by atoms with van der Waals surface area (Å²) in [5.41, 5.74) is 10.6. The second kappa shape index (κ2) is 4.81. The van der Waals surface area contributed by atoms with Crippen molar-refractivity contribution in [2.75, 3.05) is 5.73 Å². The van der Waals surface area contributed by atoms with Gasteiger partial charge in [-0.25, -0.2) is 9.97 Å². The predicted molar refractivity (Wildman–Crippen MR) is 79.1 cm³/mol. The van der Waals surface area contributed by atoms with Crippen molar-refractivity contribution in [3.8, 4) is 0 Å². The summed E-state index contributed by atoms with van der Waals surface area (Å²) in [5.74, 6) is 0.679. The van der Waals surface area contributed by atoms with Crippen LogP contribution < -0.4 is 5.73 Å². The predicted octanol–water partition coefficient (Wildman–Crippen LogP) is 2.80. The average Bonchev–Trinajstić information content (AvgIpc) is 2.60. The standard InChI is InChI=1S/C16H15N3O/c1-10-3-2-4-11(7-10)14-8-12(20)5-6-13-15(14)18-9-19-16(13)17/h2-5,7-9,20H,6H2,1H3,(H2,17,18,19). The minimum atomic E-state index is 0.221. The Morgan fingerprint density at radius 1 is 1.25 bits per heavy atom. The van der Waals surface area contributed by atoms with E-state index in [4.69, 9.17) is 5.73 Å². The highest BCUT2D eigenvalue weighted by Gasteiger charge is 2.17. The van der Waals surface area contributed by atoms with Gasteiger partial charge in [-0.15, -0.1) is 0 Å². The van der Waals surface area contributed by atoms with Gasteiger partial charge < -0.3 is 10.8 Å². The molecule has 1 heterocycles. The third kappa shape index (κ3) is 2.16. The monoisotopic (exact) mass is 265 g/mol. The summed E-state index contributed by atoms with van der Waals surface area (Å²) in [6, 6.07) is 8.08. The first kappa shape index (κ1) is 12.4. The van der Waals surface area contributed by atoms with Gasteiger partial charge in [0.15, 0.2) is 0 Å². The van der Waals surface area contributed by atoms with E-state index >= 15 is 0 Å². The van der Waals surface area contributed by atoms with Gasteiger partial charge in [0.25, 0.3) is 0 Å². The Balaban J connectivity index is 2.24. The van der Waals surface area contributed by atoms with E-state index in [1.165, 1.54) is 6.33 Å². The maximum atomic E-state index is 9.95. The Hall–Kier alpha value is -2.62. The average molecular weight is 265 g/mol. The molecule has 1 aromatic heterocycles. The zero-order chi connectivity index (χ0) is 14.1. The summed E-state index contributed by atoms with van der Waals surface area (Å²) in [6.07, 6.45) is 5.44. The van der Waals surface area contributed by atoms with Crippen LogP contribution in [0, 0.1) is 6.92 Å². The maximum absolute atomic E-state index is 9.95. The Kier molecular flexibility index (Phi) is 2.99. The number of fused-ring (bicyclic) bond motifs is 1. The molecule has 0 aliphatic heterocycles. The summed E-state index contributed by atoms with van der Waals surface area (Å²) in [4.78, 5) is 8.39. The number of aryl methyl sites for hydroxylation is 1. The smallest absolute Gasteiger partial charge is 0.130 e. The van der Waals surface area contributed by atoms with Gasteiger partial charge in [0, 0.05) is 17.6 Å². The van der Waals surface area contributed by atoms with Crippen molar-refractivity contribution in [2.45, 2.75) is 13.3 Å². The lowest BCUT2D eigenvalue weighted by Gasteiger charge is -2.11. The number of hydrogen-bond donors (Lipinski definition) is 2. The zero-order valence-electron chi connectivity index (χ0n) is 11.2. The molecule has 0 saturated carbocycles. The van der Waals surface area contributed by atoms with Crippen LogP contribution in [0.1, 0.15) is 22.4 Å². The van der Waals surface area contributed by atoms with Gasteiger partial charge in [0.1, 0.15) is 17.9 Å². The highest BCUT2D eigenvalue weighted by molar-refractivity contribution is 5.83. The molecule has 4 nitrogen and oxygen atoms in total. The maximum Gasteiger partial charge on any atom is 0.130 e. The summed E-state index contributed by atoms with van der Waals surface area (Å²) in [5, 5.41) is 9.95. The molecular weight excluding hydrogens is 250 g/mol. The van der Waals surface area contributed by atoms with Gasteiger partial charge in [0.05, 0.1) is 5.69 Å². The van der Waals surface area contributed by atoms with Crippen molar-refractivity contribution in [3.05, 3.63) is 70.9 Å². The van der Waals surface area contributed by atoms with Crippen molar-refractivity contribution < 1.29 is 5.11 Å². The van der Waals surface area contributed by atoms with Gasteiger partial charge in [-0.05, 0) is 24.6 Å². The van der Waals surface area contributed by atoms with Crippen molar-refractivity contribution in [2.24, 2.45) is 0 Å². The molecule has 20 heavy (non-hydrogen) atoms. The lowest BCUT2D eigenvalue weighted by atomic mass is 9.97. The van der Waals surface area contributed by atoms with Crippen molar-refractivity contribution in [3.63, 3.8) is 0 Å². The number of aliphatic hydroxyl groups is 1. The third-order valence-corrected chi connectivity index (χ3v) is 3.37. The number of nitrogen functional groups attached to an aromatic ring is 1. The quantitative estimate of drug-likeness (QED) is 0.831. The first-order chi connectivity index (χ1) is 9.65. The molecule has 2 aromatic rings. The summed E-state index contributed by atoms with van der Waals surface area (Å²) in [6.45, 7) is 2.03. The van der Waals surface area contributed by atoms with Gasteiger partial charge in [0.2, 0.25) is 0 Å². The van der Waals surface area contributed by atoms with Crippen LogP contribution in [0.4, 0.5) is 5.82 Å². The first-order valence-corrected chi connectivity index (χ1v) is 6.43. The second-order valence-electron chi connectivity index (χ2n) is 4.85. The van der Waals surface area contributed by atoms with Crippen LogP contribution in [0.25, 0.3) is 5.57 Å². The Labute approximate surface area is 117 Å². The fraction of sp³-hybridized carbons (Fsp3) is 0.125. The van der Waals surface area contributed by atoms with E-state index in [1.54, 1.807) is 12.2 Å². The van der Waals surface area contributed by atoms with Crippen LogP contribution in [0.5, 0.6) is 0 Å². The van der Waals surface area contributed by atoms with E-state index in [9.17, 15) is 5.11 Å². The SMILES string of the molecule is Cc1cccc(C2=CC(O)=CCc3c(N)ncnc32)c1. The van der Waals surface area contributed by atoms with Crippen LogP contribution in [-0.2, 0) is 6.42 Å². The Bertz CT molecular complexity index is 732. The van der Waals surface area contributed by atoms with Crippen LogP contribution in [-0.4, -0.2) is 15.1 Å². The Morgan fingerprint density at radius 3 is 2.90 bits per heavy atom. The van der Waals surface area contributed by atoms with Crippen LogP contribution in [0.3, 0.4) is 0 Å². The zero-order valence-corrected chi connectivity index (χ0v) is 11.2. The molecular formula is C16H15N3O. The van der Waals surface area contributed by atoms with Gasteiger partial charge in [-0.3, -0.25) is 0 Å². The molecule has 1 aliphatic carbocycles. The molecule has 0 amide bonds. The molecule has 0 radical (unpaired) electrons. The number of rotatable bonds is 1. The molecule has 0 fully saturated rings. The normalized spacial score (nSPS) is 14.1. The molecule has 3 rings (SSSR count). The largest absolute Gasteiger partial charge is 0.508 e. The molecule has 1 aliphatic rings. The van der Waals surface area contributed by atoms with E-state index in [0.717, 1.165) is 28.0 Å². The lowest BCUT2D eigenvalue weighted by Crippen LogP contribution is -2.04. The second-order valence-corrected chi connectivity index (χ2v) is 4.85. The number of anilines is 1. The van der Waals surface area contributed by atoms with Gasteiger partial charge in [-0.2, -0.15) is 0 Å². The molecule has 0 spiro atoms. The number of aromatic nitrogens is 2. The fourth-order valence-corrected chi connectivity index (χ4v) is 2.37. The number of nitrogens with two attached hydrogens (primary N) is 1. The minimum Gasteiger partial charge on any atom is -0.508 e. The molecule has 0 unspecified atom stereocenters. The van der Waals surface area contributed by atoms with Crippen molar-refractivity contribution in [1.82, 2.24) is 9.97 Å². The minimum absolute atomic E-state index is 0.221. The van der Waals surface area contributed by atoms with E-state index in [2.05, 4.69) is 16.0 Å². The highest BCUT2D eigenvalue weighted by atomic mass is 16.3. The summed E-state index contributed by atoms with van der Waals surface area (Å²) < 4.78 is 0. The molecule has 3 N–H and O–H groups in total. The first-order valence-electron chi connectivity index (χ1n) is 6.43. The third-order valence-electron chi connectivity index (χ3n) is 3.37. The molecule has 0 atom stereocenters. The van der Waals surface area contributed by atoms with Gasteiger partial charge in [-0.1, -0.05) is 29.8 Å². The van der Waals surface area contributed by atoms with E-state index in [-0.39, 0.29) is 5.76 Å². The number of aliphatic hydroxyl groups excluding tert-OH is 1. The molecule has 100 valence electrons. The number of benzene rings is 1. The topological polar surface area (TPSA) is 72.0 Å². The molecule has 4 heteroatoms. The number of hydrogen-bond acceptors (Lipinski definition) is 4. The molecule has 0 saturated heterocycles. The molecule has 0 bridgehead atoms. The Morgan fingerprint density at radius 2 is 2.10 bits per heavy atom. The lowest BCUT2D eigenvalue weighted by molar-refractivity contribution is 0.431. The molecule has 1 aromatic carbocycles. The van der Waals surface area contributed by atoms with Crippen LogP contribution in [0.2, 0.25) is 0 Å². The van der Waals surface area contributed by atoms with Crippen LogP contribution in [0.15, 0.2) is 48.5 Å². The highest BCUT2D eigenvalue weighted by Crippen LogP contribution is 2.30. The van der Waals surface area contributed by atoms with Crippen LogP contribution >= 0.6 is 0 Å².